The molecular weight excluding hydrogens is 399 g/mol. The van der Waals surface area contributed by atoms with Crippen molar-refractivity contribution in [1.82, 2.24) is 4.90 Å². The quantitative estimate of drug-likeness (QED) is 0.729. The Bertz CT molecular complexity index is 814. The Kier molecular flexibility index (Phi) is 6.65. The fourth-order valence-corrected chi connectivity index (χ4v) is 3.29. The molecule has 3 rings (SSSR count). The number of morpholine rings is 1. The van der Waals surface area contributed by atoms with Gasteiger partial charge >= 0.3 is 0 Å². The fourth-order valence-electron chi connectivity index (χ4n) is 2.78. The van der Waals surface area contributed by atoms with E-state index in [2.05, 4.69) is 0 Å². The van der Waals surface area contributed by atoms with Crippen molar-refractivity contribution >= 4 is 29.1 Å². The molecule has 1 unspecified atom stereocenters. The molecule has 0 aromatic heterocycles. The van der Waals surface area contributed by atoms with Crippen molar-refractivity contribution in [2.75, 3.05) is 26.3 Å². The Hall–Kier alpha value is -1.73. The molecule has 2 aromatic carbocycles. The first-order valence-electron chi connectivity index (χ1n) is 8.32. The van der Waals surface area contributed by atoms with E-state index in [9.17, 15) is 13.6 Å². The van der Waals surface area contributed by atoms with Gasteiger partial charge in [-0.15, -0.1) is 0 Å². The van der Waals surface area contributed by atoms with Crippen LogP contribution in [0.25, 0.3) is 0 Å². The van der Waals surface area contributed by atoms with Crippen molar-refractivity contribution < 1.29 is 23.0 Å². The SMILES string of the molecule is O=C(c1ccc(F)c(F)c1)N1CCOC(COCc2c(Cl)cccc2Cl)C1. The van der Waals surface area contributed by atoms with Crippen molar-refractivity contribution in [2.24, 2.45) is 0 Å². The third-order valence-electron chi connectivity index (χ3n) is 4.20. The van der Waals surface area contributed by atoms with Crippen LogP contribution in [-0.4, -0.2) is 43.2 Å². The minimum atomic E-state index is -1.05. The molecule has 0 radical (unpaired) electrons. The van der Waals surface area contributed by atoms with Crippen LogP contribution in [0.2, 0.25) is 10.0 Å². The summed E-state index contributed by atoms with van der Waals surface area (Å²) in [6, 6.07) is 8.31. The van der Waals surface area contributed by atoms with Gasteiger partial charge in [0, 0.05) is 34.3 Å². The smallest absolute Gasteiger partial charge is 0.254 e. The van der Waals surface area contributed by atoms with Gasteiger partial charge < -0.3 is 14.4 Å². The second-order valence-corrected chi connectivity index (χ2v) is 6.90. The Morgan fingerprint density at radius 2 is 1.93 bits per heavy atom. The average Bonchev–Trinajstić information content (AvgIpc) is 2.66. The minimum absolute atomic E-state index is 0.0957. The lowest BCUT2D eigenvalue weighted by atomic mass is 10.1. The van der Waals surface area contributed by atoms with Crippen LogP contribution in [0.5, 0.6) is 0 Å². The van der Waals surface area contributed by atoms with Gasteiger partial charge in [0.15, 0.2) is 11.6 Å². The molecule has 27 heavy (non-hydrogen) atoms. The van der Waals surface area contributed by atoms with Crippen molar-refractivity contribution in [3.05, 3.63) is 69.2 Å². The Labute approximate surface area is 165 Å². The molecule has 1 heterocycles. The highest BCUT2D eigenvalue weighted by atomic mass is 35.5. The molecule has 1 saturated heterocycles. The molecule has 0 aliphatic carbocycles. The summed E-state index contributed by atoms with van der Waals surface area (Å²) in [6.45, 7) is 1.44. The highest BCUT2D eigenvalue weighted by molar-refractivity contribution is 6.35. The van der Waals surface area contributed by atoms with E-state index < -0.39 is 11.6 Å². The minimum Gasteiger partial charge on any atom is -0.374 e. The van der Waals surface area contributed by atoms with E-state index in [-0.39, 0.29) is 37.3 Å². The molecule has 1 atom stereocenters. The van der Waals surface area contributed by atoms with Crippen LogP contribution < -0.4 is 0 Å². The molecule has 144 valence electrons. The molecule has 0 N–H and O–H groups in total. The zero-order chi connectivity index (χ0) is 19.4. The predicted molar refractivity (Wildman–Crippen MR) is 98.1 cm³/mol. The number of rotatable bonds is 5. The number of ether oxygens (including phenoxy) is 2. The summed E-state index contributed by atoms with van der Waals surface area (Å²) in [5.41, 5.74) is 0.782. The van der Waals surface area contributed by atoms with E-state index in [0.717, 1.165) is 12.1 Å². The summed E-state index contributed by atoms with van der Waals surface area (Å²) in [5.74, 6) is -2.42. The Balaban J connectivity index is 1.56. The molecule has 4 nitrogen and oxygen atoms in total. The molecule has 0 saturated carbocycles. The summed E-state index contributed by atoms with van der Waals surface area (Å²) >= 11 is 12.2. The number of nitrogens with zero attached hydrogens (tertiary/aromatic N) is 1. The maximum absolute atomic E-state index is 13.4. The maximum Gasteiger partial charge on any atom is 0.254 e. The van der Waals surface area contributed by atoms with E-state index in [4.69, 9.17) is 32.7 Å². The van der Waals surface area contributed by atoms with Crippen LogP contribution in [0.4, 0.5) is 8.78 Å². The van der Waals surface area contributed by atoms with Gasteiger partial charge in [-0.05, 0) is 30.3 Å². The van der Waals surface area contributed by atoms with Crippen molar-refractivity contribution in [3.8, 4) is 0 Å². The van der Waals surface area contributed by atoms with E-state index in [1.54, 1.807) is 18.2 Å². The molecular formula is C19H17Cl2F2NO3. The molecule has 1 fully saturated rings. The van der Waals surface area contributed by atoms with Gasteiger partial charge in [-0.1, -0.05) is 29.3 Å². The highest BCUT2D eigenvalue weighted by Crippen LogP contribution is 2.25. The molecule has 2 aromatic rings. The van der Waals surface area contributed by atoms with Gasteiger partial charge in [-0.2, -0.15) is 0 Å². The van der Waals surface area contributed by atoms with Crippen LogP contribution >= 0.6 is 23.2 Å². The zero-order valence-electron chi connectivity index (χ0n) is 14.3. The Morgan fingerprint density at radius 1 is 1.19 bits per heavy atom. The summed E-state index contributed by atoms with van der Waals surface area (Å²) in [7, 11) is 0. The Morgan fingerprint density at radius 3 is 2.63 bits per heavy atom. The standard InChI is InChI=1S/C19H17Cl2F2NO3/c20-15-2-1-3-16(21)14(15)11-26-10-13-9-24(6-7-27-13)19(25)12-4-5-17(22)18(23)8-12/h1-5,8,13H,6-7,9-11H2. The molecule has 0 spiro atoms. The van der Waals surface area contributed by atoms with E-state index in [0.29, 0.717) is 28.8 Å². The van der Waals surface area contributed by atoms with E-state index in [1.165, 1.54) is 11.0 Å². The molecule has 1 aliphatic rings. The molecule has 1 amide bonds. The molecule has 8 heteroatoms. The zero-order valence-corrected chi connectivity index (χ0v) is 15.8. The normalized spacial score (nSPS) is 17.2. The van der Waals surface area contributed by atoms with Crippen LogP contribution in [0.15, 0.2) is 36.4 Å². The first-order valence-corrected chi connectivity index (χ1v) is 9.08. The molecule has 1 aliphatic heterocycles. The molecule has 0 bridgehead atoms. The maximum atomic E-state index is 13.4. The summed E-state index contributed by atoms with van der Waals surface area (Å²) in [6.07, 6.45) is -0.339. The lowest BCUT2D eigenvalue weighted by Gasteiger charge is -2.33. The van der Waals surface area contributed by atoms with Gasteiger partial charge in [-0.3, -0.25) is 4.79 Å². The van der Waals surface area contributed by atoms with Crippen molar-refractivity contribution in [3.63, 3.8) is 0 Å². The van der Waals surface area contributed by atoms with Crippen molar-refractivity contribution in [2.45, 2.75) is 12.7 Å². The number of carbonyl (C=O) groups excluding carboxylic acids is 1. The number of hydrogen-bond acceptors (Lipinski definition) is 3. The number of hydrogen-bond donors (Lipinski definition) is 0. The van der Waals surface area contributed by atoms with E-state index >= 15 is 0 Å². The lowest BCUT2D eigenvalue weighted by Crippen LogP contribution is -2.47. The summed E-state index contributed by atoms with van der Waals surface area (Å²) in [4.78, 5) is 14.0. The first-order chi connectivity index (χ1) is 13.0. The van der Waals surface area contributed by atoms with Gasteiger partial charge in [0.2, 0.25) is 0 Å². The number of halogens is 4. The van der Waals surface area contributed by atoms with Crippen LogP contribution in [0.1, 0.15) is 15.9 Å². The third kappa shape index (κ3) is 4.96. The van der Waals surface area contributed by atoms with Crippen molar-refractivity contribution in [1.29, 1.82) is 0 Å². The number of benzene rings is 2. The predicted octanol–water partition coefficient (Wildman–Crippen LogP) is 4.33. The van der Waals surface area contributed by atoms with Crippen LogP contribution in [0.3, 0.4) is 0 Å². The topological polar surface area (TPSA) is 38.8 Å². The second kappa shape index (κ2) is 8.97. The summed E-state index contributed by atoms with van der Waals surface area (Å²) in [5, 5.41) is 1.03. The average molecular weight is 416 g/mol. The number of amides is 1. The third-order valence-corrected chi connectivity index (χ3v) is 4.91. The lowest BCUT2D eigenvalue weighted by molar-refractivity contribution is -0.0647. The number of carbonyl (C=O) groups is 1. The first kappa shape index (κ1) is 20.0. The highest BCUT2D eigenvalue weighted by Gasteiger charge is 2.26. The van der Waals surface area contributed by atoms with Crippen LogP contribution in [-0.2, 0) is 16.1 Å². The van der Waals surface area contributed by atoms with E-state index in [1.807, 2.05) is 0 Å². The fraction of sp³-hybridized carbons (Fsp3) is 0.316. The van der Waals surface area contributed by atoms with Gasteiger partial charge in [0.05, 0.1) is 25.9 Å². The largest absolute Gasteiger partial charge is 0.374 e. The van der Waals surface area contributed by atoms with Gasteiger partial charge in [0.1, 0.15) is 0 Å². The van der Waals surface area contributed by atoms with Gasteiger partial charge in [0.25, 0.3) is 5.91 Å². The monoisotopic (exact) mass is 415 g/mol. The summed E-state index contributed by atoms with van der Waals surface area (Å²) < 4.78 is 37.7. The second-order valence-electron chi connectivity index (χ2n) is 6.09. The van der Waals surface area contributed by atoms with Gasteiger partial charge in [-0.25, -0.2) is 8.78 Å². The van der Waals surface area contributed by atoms with Crippen LogP contribution in [0, 0.1) is 11.6 Å².